The number of hydrogen-bond donors (Lipinski definition) is 0. The van der Waals surface area contributed by atoms with Gasteiger partial charge in [-0.25, -0.2) is 4.79 Å². The molecule has 1 aromatic rings. The smallest absolute Gasteiger partial charge is 0.414 e. The summed E-state index contributed by atoms with van der Waals surface area (Å²) >= 11 is 0. The topological polar surface area (TPSA) is 42.0 Å². The van der Waals surface area contributed by atoms with Crippen LogP contribution in [0.15, 0.2) is 18.2 Å². The van der Waals surface area contributed by atoms with Gasteiger partial charge < -0.3 is 19.3 Å². The highest BCUT2D eigenvalue weighted by atomic mass is 16.6. The van der Waals surface area contributed by atoms with Crippen LogP contribution in [0.25, 0.3) is 0 Å². The number of amides is 1. The molecule has 0 unspecified atom stereocenters. The molecule has 0 bridgehead atoms. The molecule has 0 N–H and O–H groups in total. The van der Waals surface area contributed by atoms with Crippen LogP contribution < -0.4 is 9.47 Å². The van der Waals surface area contributed by atoms with E-state index in [9.17, 15) is 4.79 Å². The SMILES string of the molecule is CN(C)C(=O)Oc1cc(OCCCN2CCCCC2)cc(C(C)(C)C)c1. The average molecular weight is 363 g/mol. The van der Waals surface area contributed by atoms with Crippen LogP contribution in [0.1, 0.15) is 52.0 Å². The molecule has 1 aliphatic rings. The molecule has 1 aromatic carbocycles. The standard InChI is InChI=1S/C21H34N2O3/c1-21(2,3)17-14-18(16-19(15-17)26-20(24)22(4)5)25-13-9-12-23-10-7-6-8-11-23/h14-16H,6-13H2,1-5H3. The summed E-state index contributed by atoms with van der Waals surface area (Å²) in [6.45, 7) is 10.6. The van der Waals surface area contributed by atoms with Crippen LogP contribution in [0.2, 0.25) is 0 Å². The van der Waals surface area contributed by atoms with Crippen molar-refractivity contribution in [1.82, 2.24) is 9.80 Å². The molecule has 0 spiro atoms. The lowest BCUT2D eigenvalue weighted by Gasteiger charge is -2.26. The van der Waals surface area contributed by atoms with Crippen molar-refractivity contribution in [3.05, 3.63) is 23.8 Å². The second kappa shape index (κ2) is 9.26. The Morgan fingerprint density at radius 3 is 2.35 bits per heavy atom. The molecule has 5 heteroatoms. The van der Waals surface area contributed by atoms with Gasteiger partial charge in [-0.05, 0) is 55.5 Å². The van der Waals surface area contributed by atoms with E-state index in [1.807, 2.05) is 12.1 Å². The fourth-order valence-corrected chi connectivity index (χ4v) is 3.00. The van der Waals surface area contributed by atoms with E-state index in [-0.39, 0.29) is 11.5 Å². The predicted molar refractivity (Wildman–Crippen MR) is 105 cm³/mol. The zero-order valence-corrected chi connectivity index (χ0v) is 17.0. The normalized spacial score (nSPS) is 15.6. The highest BCUT2D eigenvalue weighted by Crippen LogP contribution is 2.31. The van der Waals surface area contributed by atoms with Crippen molar-refractivity contribution in [2.45, 2.75) is 51.9 Å². The van der Waals surface area contributed by atoms with E-state index in [4.69, 9.17) is 9.47 Å². The van der Waals surface area contributed by atoms with Crippen molar-refractivity contribution < 1.29 is 14.3 Å². The van der Waals surface area contributed by atoms with E-state index >= 15 is 0 Å². The van der Waals surface area contributed by atoms with Crippen molar-refractivity contribution in [2.75, 3.05) is 40.3 Å². The monoisotopic (exact) mass is 362 g/mol. The number of rotatable bonds is 6. The van der Waals surface area contributed by atoms with Gasteiger partial charge in [0.05, 0.1) is 6.61 Å². The van der Waals surface area contributed by atoms with Crippen molar-refractivity contribution in [2.24, 2.45) is 0 Å². The highest BCUT2D eigenvalue weighted by molar-refractivity contribution is 5.70. The van der Waals surface area contributed by atoms with E-state index in [2.05, 4.69) is 25.7 Å². The minimum absolute atomic E-state index is 0.0492. The number of hydrogen-bond acceptors (Lipinski definition) is 4. The van der Waals surface area contributed by atoms with Gasteiger partial charge in [0.15, 0.2) is 0 Å². The Bertz CT molecular complexity index is 587. The van der Waals surface area contributed by atoms with E-state index in [1.54, 1.807) is 20.2 Å². The molecule has 0 aromatic heterocycles. The molecule has 1 aliphatic heterocycles. The van der Waals surface area contributed by atoms with Gasteiger partial charge in [-0.3, -0.25) is 0 Å². The molecular formula is C21H34N2O3. The van der Waals surface area contributed by atoms with Gasteiger partial charge in [0, 0.05) is 26.7 Å². The summed E-state index contributed by atoms with van der Waals surface area (Å²) in [6.07, 6.45) is 4.62. The van der Waals surface area contributed by atoms with Crippen molar-refractivity contribution in [3.63, 3.8) is 0 Å². The lowest BCUT2D eigenvalue weighted by molar-refractivity contribution is 0.171. The van der Waals surface area contributed by atoms with Gasteiger partial charge >= 0.3 is 6.09 Å². The molecule has 0 aliphatic carbocycles. The van der Waals surface area contributed by atoms with Crippen LogP contribution in [0.5, 0.6) is 11.5 Å². The Morgan fingerprint density at radius 1 is 1.08 bits per heavy atom. The van der Waals surface area contributed by atoms with Gasteiger partial charge in [-0.1, -0.05) is 27.2 Å². The molecule has 2 rings (SSSR count). The zero-order chi connectivity index (χ0) is 19.2. The third-order valence-electron chi connectivity index (χ3n) is 4.65. The number of nitrogens with zero attached hydrogens (tertiary/aromatic N) is 2. The first kappa shape index (κ1) is 20.6. The summed E-state index contributed by atoms with van der Waals surface area (Å²) < 4.78 is 11.4. The summed E-state index contributed by atoms with van der Waals surface area (Å²) in [5.74, 6) is 1.29. The Kier molecular flexibility index (Phi) is 7.33. The van der Waals surface area contributed by atoms with E-state index in [0.29, 0.717) is 12.4 Å². The quantitative estimate of drug-likeness (QED) is 0.708. The van der Waals surface area contributed by atoms with Crippen molar-refractivity contribution in [3.8, 4) is 11.5 Å². The zero-order valence-electron chi connectivity index (χ0n) is 17.0. The summed E-state index contributed by atoms with van der Waals surface area (Å²) in [4.78, 5) is 15.8. The van der Waals surface area contributed by atoms with Crippen LogP contribution in [-0.4, -0.2) is 56.2 Å². The summed E-state index contributed by atoms with van der Waals surface area (Å²) in [7, 11) is 3.35. The van der Waals surface area contributed by atoms with Crippen molar-refractivity contribution in [1.29, 1.82) is 0 Å². The highest BCUT2D eigenvalue weighted by Gasteiger charge is 2.18. The first-order valence-corrected chi connectivity index (χ1v) is 9.65. The van der Waals surface area contributed by atoms with Crippen LogP contribution in [0.4, 0.5) is 4.79 Å². The minimum Gasteiger partial charge on any atom is -0.493 e. The van der Waals surface area contributed by atoms with Crippen LogP contribution in [0.3, 0.4) is 0 Å². The predicted octanol–water partition coefficient (Wildman–Crippen LogP) is 4.30. The second-order valence-electron chi connectivity index (χ2n) is 8.31. The Hall–Kier alpha value is -1.75. The maximum Gasteiger partial charge on any atom is 0.414 e. The average Bonchev–Trinajstić information content (AvgIpc) is 2.58. The molecule has 1 heterocycles. The molecule has 5 nitrogen and oxygen atoms in total. The maximum atomic E-state index is 11.9. The van der Waals surface area contributed by atoms with Crippen LogP contribution in [0, 0.1) is 0 Å². The third kappa shape index (κ3) is 6.52. The Labute approximate surface area is 158 Å². The van der Waals surface area contributed by atoms with Gasteiger partial charge in [0.1, 0.15) is 11.5 Å². The fraction of sp³-hybridized carbons (Fsp3) is 0.667. The first-order chi connectivity index (χ1) is 12.3. The maximum absolute atomic E-state index is 11.9. The van der Waals surface area contributed by atoms with Gasteiger partial charge in [0.25, 0.3) is 0 Å². The molecule has 0 atom stereocenters. The molecule has 1 amide bonds. The van der Waals surface area contributed by atoms with Crippen molar-refractivity contribution >= 4 is 6.09 Å². The summed E-state index contributed by atoms with van der Waals surface area (Å²) in [5, 5.41) is 0. The number of ether oxygens (including phenoxy) is 2. The molecule has 1 fully saturated rings. The lowest BCUT2D eigenvalue weighted by Crippen LogP contribution is -2.31. The fourth-order valence-electron chi connectivity index (χ4n) is 3.00. The van der Waals surface area contributed by atoms with E-state index in [1.165, 1.54) is 37.3 Å². The first-order valence-electron chi connectivity index (χ1n) is 9.65. The molecule has 146 valence electrons. The van der Waals surface area contributed by atoms with Crippen LogP contribution in [-0.2, 0) is 5.41 Å². The number of carbonyl (C=O) groups is 1. The minimum atomic E-state index is -0.382. The lowest BCUT2D eigenvalue weighted by atomic mass is 9.87. The van der Waals surface area contributed by atoms with Crippen LogP contribution >= 0.6 is 0 Å². The third-order valence-corrected chi connectivity index (χ3v) is 4.65. The largest absolute Gasteiger partial charge is 0.493 e. The number of piperidine rings is 1. The van der Waals surface area contributed by atoms with E-state index in [0.717, 1.165) is 24.3 Å². The van der Waals surface area contributed by atoms with E-state index < -0.39 is 0 Å². The van der Waals surface area contributed by atoms with Gasteiger partial charge in [-0.15, -0.1) is 0 Å². The molecule has 1 saturated heterocycles. The molecule has 0 radical (unpaired) electrons. The number of carbonyl (C=O) groups excluding carboxylic acids is 1. The van der Waals surface area contributed by atoms with Gasteiger partial charge in [0.2, 0.25) is 0 Å². The Morgan fingerprint density at radius 2 is 1.73 bits per heavy atom. The summed E-state index contributed by atoms with van der Waals surface area (Å²) in [6, 6.07) is 5.77. The molecule has 0 saturated carbocycles. The second-order valence-corrected chi connectivity index (χ2v) is 8.31. The molecule has 26 heavy (non-hydrogen) atoms. The van der Waals surface area contributed by atoms with Gasteiger partial charge in [-0.2, -0.15) is 0 Å². The number of likely N-dealkylation sites (tertiary alicyclic amines) is 1. The molecular weight excluding hydrogens is 328 g/mol. The summed E-state index contributed by atoms with van der Waals surface area (Å²) in [5.41, 5.74) is 1.04. The Balaban J connectivity index is 1.97. The number of benzene rings is 1.